The van der Waals surface area contributed by atoms with Crippen LogP contribution in [-0.4, -0.2) is 16.0 Å². The summed E-state index contributed by atoms with van der Waals surface area (Å²) in [5.41, 5.74) is 0.764. The highest BCUT2D eigenvalue weighted by atomic mass is 32.1. The fourth-order valence-electron chi connectivity index (χ4n) is 2.08. The zero-order chi connectivity index (χ0) is 13.7. The van der Waals surface area contributed by atoms with E-state index < -0.39 is 0 Å². The molecule has 0 spiro atoms. The Morgan fingerprint density at radius 3 is 3.11 bits per heavy atom. The average molecular weight is 279 g/mol. The van der Waals surface area contributed by atoms with Crippen molar-refractivity contribution >= 4 is 21.6 Å². The third-order valence-electron chi connectivity index (χ3n) is 3.22. The van der Waals surface area contributed by atoms with Crippen LogP contribution in [0.4, 0.5) is 0 Å². The number of unbranched alkanes of at least 4 members (excludes halogenated alkanes) is 2. The lowest BCUT2D eigenvalue weighted by molar-refractivity contribution is 0.480. The summed E-state index contributed by atoms with van der Waals surface area (Å²) in [5.74, 6) is 0.721. The van der Waals surface area contributed by atoms with E-state index >= 15 is 0 Å². The van der Waals surface area contributed by atoms with Crippen LogP contribution in [0.3, 0.4) is 0 Å². The zero-order valence-corrected chi connectivity index (χ0v) is 12.3. The Labute approximate surface area is 117 Å². The molecule has 1 unspecified atom stereocenters. The van der Waals surface area contributed by atoms with Crippen molar-refractivity contribution in [2.45, 2.75) is 52.1 Å². The van der Waals surface area contributed by atoms with Gasteiger partial charge in [-0.05, 0) is 24.8 Å². The maximum absolute atomic E-state index is 11.8. The molecule has 0 aliphatic rings. The van der Waals surface area contributed by atoms with Crippen LogP contribution in [0.25, 0.3) is 10.2 Å². The summed E-state index contributed by atoms with van der Waals surface area (Å²) >= 11 is 1.43. The molecule has 0 radical (unpaired) electrons. The van der Waals surface area contributed by atoms with Crippen molar-refractivity contribution in [3.8, 4) is 0 Å². The molecule has 0 aliphatic carbocycles. The number of hydrogen-bond donors (Lipinski definition) is 2. The van der Waals surface area contributed by atoms with Gasteiger partial charge in [0.1, 0.15) is 10.5 Å². The minimum Gasteiger partial charge on any atom is -0.308 e. The van der Waals surface area contributed by atoms with Gasteiger partial charge in [0, 0.05) is 6.04 Å². The Morgan fingerprint density at radius 1 is 1.47 bits per heavy atom. The number of aromatic amines is 1. The molecule has 1 atom stereocenters. The van der Waals surface area contributed by atoms with Crippen LogP contribution in [0.5, 0.6) is 0 Å². The Balaban J connectivity index is 1.92. The predicted molar refractivity (Wildman–Crippen MR) is 80.7 cm³/mol. The Hall–Kier alpha value is -1.20. The second-order valence-corrected chi connectivity index (χ2v) is 5.84. The Kier molecular flexibility index (Phi) is 5.10. The van der Waals surface area contributed by atoms with Crippen LogP contribution in [0.2, 0.25) is 0 Å². The molecular weight excluding hydrogens is 258 g/mol. The number of thiophene rings is 1. The minimum atomic E-state index is -0.0320. The first-order valence-electron chi connectivity index (χ1n) is 6.90. The van der Waals surface area contributed by atoms with Crippen LogP contribution in [0.15, 0.2) is 16.2 Å². The number of aromatic nitrogens is 2. The average Bonchev–Trinajstić information content (AvgIpc) is 2.85. The van der Waals surface area contributed by atoms with E-state index in [1.165, 1.54) is 37.0 Å². The molecule has 0 aromatic carbocycles. The van der Waals surface area contributed by atoms with Gasteiger partial charge in [-0.15, -0.1) is 11.3 Å². The van der Waals surface area contributed by atoms with Crippen molar-refractivity contribution < 1.29 is 0 Å². The SMILES string of the molecule is CCCCCC(C)NCc1nc2ccsc2c(=O)[nH]1. The van der Waals surface area contributed by atoms with E-state index in [1.807, 2.05) is 11.4 Å². The number of rotatable bonds is 7. The first-order chi connectivity index (χ1) is 9.20. The summed E-state index contributed by atoms with van der Waals surface area (Å²) in [6.07, 6.45) is 4.94. The summed E-state index contributed by atoms with van der Waals surface area (Å²) < 4.78 is 0.708. The molecule has 2 heterocycles. The van der Waals surface area contributed by atoms with E-state index in [9.17, 15) is 4.79 Å². The first kappa shape index (κ1) is 14.2. The number of fused-ring (bicyclic) bond motifs is 1. The molecule has 0 fully saturated rings. The fraction of sp³-hybridized carbons (Fsp3) is 0.571. The molecule has 0 amide bonds. The summed E-state index contributed by atoms with van der Waals surface area (Å²) in [6, 6.07) is 2.35. The van der Waals surface area contributed by atoms with Crippen LogP contribution in [0.1, 0.15) is 45.4 Å². The molecule has 0 aliphatic heterocycles. The van der Waals surface area contributed by atoms with Gasteiger partial charge in [0.05, 0.1) is 12.1 Å². The van der Waals surface area contributed by atoms with E-state index in [1.54, 1.807) is 0 Å². The molecule has 19 heavy (non-hydrogen) atoms. The van der Waals surface area contributed by atoms with Crippen molar-refractivity contribution in [3.05, 3.63) is 27.6 Å². The van der Waals surface area contributed by atoms with Crippen LogP contribution < -0.4 is 10.9 Å². The smallest absolute Gasteiger partial charge is 0.268 e. The standard InChI is InChI=1S/C14H21N3OS/c1-3-4-5-6-10(2)15-9-12-16-11-7-8-19-13(11)14(18)17-12/h7-8,10,15H,3-6,9H2,1-2H3,(H,16,17,18). The van der Waals surface area contributed by atoms with E-state index in [0.717, 1.165) is 11.3 Å². The third-order valence-corrected chi connectivity index (χ3v) is 4.12. The van der Waals surface area contributed by atoms with E-state index in [0.29, 0.717) is 17.3 Å². The van der Waals surface area contributed by atoms with Crippen LogP contribution >= 0.6 is 11.3 Å². The van der Waals surface area contributed by atoms with Gasteiger partial charge in [0.2, 0.25) is 0 Å². The maximum atomic E-state index is 11.8. The second kappa shape index (κ2) is 6.82. The predicted octanol–water partition coefficient (Wildman–Crippen LogP) is 3.04. The fourth-order valence-corrected chi connectivity index (χ4v) is 2.80. The lowest BCUT2D eigenvalue weighted by Crippen LogP contribution is -2.27. The largest absolute Gasteiger partial charge is 0.308 e. The van der Waals surface area contributed by atoms with E-state index in [-0.39, 0.29) is 5.56 Å². The van der Waals surface area contributed by atoms with Gasteiger partial charge >= 0.3 is 0 Å². The van der Waals surface area contributed by atoms with Gasteiger partial charge in [-0.3, -0.25) is 4.79 Å². The molecule has 0 saturated heterocycles. The van der Waals surface area contributed by atoms with Gasteiger partial charge < -0.3 is 10.3 Å². The first-order valence-corrected chi connectivity index (χ1v) is 7.78. The number of nitrogens with zero attached hydrogens (tertiary/aromatic N) is 1. The Morgan fingerprint density at radius 2 is 2.32 bits per heavy atom. The minimum absolute atomic E-state index is 0.0320. The van der Waals surface area contributed by atoms with Crippen molar-refractivity contribution in [2.24, 2.45) is 0 Å². The lowest BCUT2D eigenvalue weighted by atomic mass is 10.1. The van der Waals surface area contributed by atoms with Crippen molar-refractivity contribution in [1.82, 2.24) is 15.3 Å². The quantitative estimate of drug-likeness (QED) is 0.766. The van der Waals surface area contributed by atoms with Gasteiger partial charge in [0.15, 0.2) is 0 Å². The zero-order valence-electron chi connectivity index (χ0n) is 11.5. The number of nitrogens with one attached hydrogen (secondary N) is 2. The van der Waals surface area contributed by atoms with E-state index in [2.05, 4.69) is 29.1 Å². The molecule has 0 bridgehead atoms. The van der Waals surface area contributed by atoms with Gasteiger partial charge in [0.25, 0.3) is 5.56 Å². The van der Waals surface area contributed by atoms with Gasteiger partial charge in [-0.2, -0.15) is 0 Å². The molecule has 4 nitrogen and oxygen atoms in total. The van der Waals surface area contributed by atoms with Crippen molar-refractivity contribution in [3.63, 3.8) is 0 Å². The lowest BCUT2D eigenvalue weighted by Gasteiger charge is -2.12. The molecular formula is C14H21N3OS. The molecule has 0 saturated carbocycles. The molecule has 2 rings (SSSR count). The molecule has 2 aromatic heterocycles. The topological polar surface area (TPSA) is 57.8 Å². The summed E-state index contributed by atoms with van der Waals surface area (Å²) in [7, 11) is 0. The van der Waals surface area contributed by atoms with Crippen LogP contribution in [-0.2, 0) is 6.54 Å². The molecule has 2 aromatic rings. The summed E-state index contributed by atoms with van der Waals surface area (Å²) in [4.78, 5) is 19.1. The molecule has 2 N–H and O–H groups in total. The second-order valence-electron chi connectivity index (χ2n) is 4.93. The van der Waals surface area contributed by atoms with Gasteiger partial charge in [-0.1, -0.05) is 26.2 Å². The highest BCUT2D eigenvalue weighted by Gasteiger charge is 2.06. The van der Waals surface area contributed by atoms with Gasteiger partial charge in [-0.25, -0.2) is 4.98 Å². The third kappa shape index (κ3) is 3.88. The number of H-pyrrole nitrogens is 1. The van der Waals surface area contributed by atoms with Crippen molar-refractivity contribution in [2.75, 3.05) is 0 Å². The van der Waals surface area contributed by atoms with Crippen LogP contribution in [0, 0.1) is 0 Å². The Bertz CT molecular complexity index is 575. The molecule has 104 valence electrons. The monoisotopic (exact) mass is 279 g/mol. The number of hydrogen-bond acceptors (Lipinski definition) is 4. The summed E-state index contributed by atoms with van der Waals surface area (Å²) in [5, 5.41) is 5.31. The maximum Gasteiger partial charge on any atom is 0.268 e. The highest BCUT2D eigenvalue weighted by molar-refractivity contribution is 7.17. The summed E-state index contributed by atoms with van der Waals surface area (Å²) in [6.45, 7) is 5.01. The van der Waals surface area contributed by atoms with Crippen molar-refractivity contribution in [1.29, 1.82) is 0 Å². The highest BCUT2D eigenvalue weighted by Crippen LogP contribution is 2.13. The normalized spacial score (nSPS) is 12.9. The molecule has 5 heteroatoms. The van der Waals surface area contributed by atoms with E-state index in [4.69, 9.17) is 0 Å².